The van der Waals surface area contributed by atoms with Crippen molar-refractivity contribution in [2.75, 3.05) is 26.2 Å². The highest BCUT2D eigenvalue weighted by atomic mass is 35.5. The fourth-order valence-electron chi connectivity index (χ4n) is 4.51. The van der Waals surface area contributed by atoms with E-state index in [0.717, 1.165) is 31.5 Å². The van der Waals surface area contributed by atoms with Gasteiger partial charge < -0.3 is 4.90 Å². The van der Waals surface area contributed by atoms with Crippen molar-refractivity contribution in [2.45, 2.75) is 32.5 Å². The number of carbonyl (C=O) groups is 2. The first-order chi connectivity index (χ1) is 14.5. The van der Waals surface area contributed by atoms with Crippen LogP contribution >= 0.6 is 11.6 Å². The Hall–Kier alpha value is -2.39. The molecule has 10 heteroatoms. The third kappa shape index (κ3) is 4.62. The highest BCUT2D eigenvalue weighted by Gasteiger charge is 2.45. The Kier molecular flexibility index (Phi) is 5.59. The molecule has 2 aliphatic heterocycles. The average molecular weight is 455 g/mol. The first kappa shape index (κ1) is 21.8. The summed E-state index contributed by atoms with van der Waals surface area (Å²) in [5.41, 5.74) is 0.0772. The van der Waals surface area contributed by atoms with Crippen LogP contribution in [-0.2, 0) is 12.7 Å². The molecule has 1 spiro atoms. The first-order valence-corrected chi connectivity index (χ1v) is 10.4. The predicted molar refractivity (Wildman–Crippen MR) is 108 cm³/mol. The minimum absolute atomic E-state index is 0.0699. The van der Waals surface area contributed by atoms with Crippen LogP contribution in [0.1, 0.15) is 41.3 Å². The molecular weight excluding hydrogens is 433 g/mol. The van der Waals surface area contributed by atoms with Crippen molar-refractivity contribution in [3.63, 3.8) is 0 Å². The fourth-order valence-corrected chi connectivity index (χ4v) is 4.77. The van der Waals surface area contributed by atoms with Crippen LogP contribution in [0, 0.1) is 5.41 Å². The van der Waals surface area contributed by atoms with Crippen molar-refractivity contribution in [3.05, 3.63) is 52.3 Å². The number of amides is 1. The standard InChI is InChI=1S/C21H22ClF3N4O2/c1-14(30)16-9-26-29(11-16)19(31)28-5-3-20(13-28)2-4-27(12-20)10-15-6-17(21(23,24)25)8-18(22)7-15/h6-9,11H,2-5,10,12-13H2,1H3. The number of ketones is 1. The van der Waals surface area contributed by atoms with Gasteiger partial charge in [0, 0.05) is 42.8 Å². The predicted octanol–water partition coefficient (Wildman–Crippen LogP) is 4.32. The molecule has 2 saturated heterocycles. The molecule has 1 aromatic carbocycles. The van der Waals surface area contributed by atoms with Gasteiger partial charge in [-0.25, -0.2) is 4.79 Å². The Labute approximate surface area is 182 Å². The molecule has 3 heterocycles. The number of nitrogens with zero attached hydrogens (tertiary/aromatic N) is 4. The third-order valence-electron chi connectivity index (χ3n) is 6.10. The van der Waals surface area contributed by atoms with Crippen LogP contribution in [-0.4, -0.2) is 57.6 Å². The molecule has 0 radical (unpaired) electrons. The molecule has 2 fully saturated rings. The third-order valence-corrected chi connectivity index (χ3v) is 6.32. The topological polar surface area (TPSA) is 58.4 Å². The lowest BCUT2D eigenvalue weighted by molar-refractivity contribution is -0.137. The number of benzene rings is 1. The second-order valence-corrected chi connectivity index (χ2v) is 8.93. The number of halogens is 4. The Morgan fingerprint density at radius 2 is 1.90 bits per heavy atom. The van der Waals surface area contributed by atoms with Crippen molar-refractivity contribution in [1.29, 1.82) is 0 Å². The highest BCUT2D eigenvalue weighted by Crippen LogP contribution is 2.40. The summed E-state index contributed by atoms with van der Waals surface area (Å²) in [4.78, 5) is 28.0. The van der Waals surface area contributed by atoms with E-state index in [0.29, 0.717) is 37.3 Å². The van der Waals surface area contributed by atoms with Crippen molar-refractivity contribution in [1.82, 2.24) is 19.6 Å². The fraction of sp³-hybridized carbons (Fsp3) is 0.476. The summed E-state index contributed by atoms with van der Waals surface area (Å²) < 4.78 is 40.4. The summed E-state index contributed by atoms with van der Waals surface area (Å²) in [5, 5.41) is 4.06. The van der Waals surface area contributed by atoms with E-state index >= 15 is 0 Å². The second-order valence-electron chi connectivity index (χ2n) is 8.49. The van der Waals surface area contributed by atoms with Gasteiger partial charge in [-0.2, -0.15) is 23.0 Å². The van der Waals surface area contributed by atoms with Gasteiger partial charge in [0.2, 0.25) is 0 Å². The van der Waals surface area contributed by atoms with E-state index in [1.54, 1.807) is 11.0 Å². The summed E-state index contributed by atoms with van der Waals surface area (Å²) in [5.74, 6) is -0.155. The van der Waals surface area contributed by atoms with Crippen LogP contribution < -0.4 is 0 Å². The van der Waals surface area contributed by atoms with E-state index in [2.05, 4.69) is 10.00 Å². The smallest absolute Gasteiger partial charge is 0.322 e. The molecule has 166 valence electrons. The van der Waals surface area contributed by atoms with Crippen LogP contribution in [0.5, 0.6) is 0 Å². The lowest BCUT2D eigenvalue weighted by Crippen LogP contribution is -2.36. The Morgan fingerprint density at radius 1 is 1.16 bits per heavy atom. The largest absolute Gasteiger partial charge is 0.416 e. The maximum atomic E-state index is 13.1. The van der Waals surface area contributed by atoms with Crippen LogP contribution in [0.25, 0.3) is 0 Å². The van der Waals surface area contributed by atoms with Gasteiger partial charge in [0.25, 0.3) is 0 Å². The number of hydrogen-bond donors (Lipinski definition) is 0. The normalized spacial score (nSPS) is 21.9. The molecule has 31 heavy (non-hydrogen) atoms. The van der Waals surface area contributed by atoms with E-state index in [1.165, 1.54) is 24.0 Å². The summed E-state index contributed by atoms with van der Waals surface area (Å²) in [6, 6.07) is 3.37. The number of hydrogen-bond acceptors (Lipinski definition) is 4. The van der Waals surface area contributed by atoms with E-state index in [9.17, 15) is 22.8 Å². The number of Topliss-reactive ketones (excluding diaryl/α,β-unsaturated/α-hetero) is 1. The molecule has 1 amide bonds. The van der Waals surface area contributed by atoms with Gasteiger partial charge in [0.05, 0.1) is 17.3 Å². The van der Waals surface area contributed by atoms with Crippen LogP contribution in [0.4, 0.5) is 18.0 Å². The molecule has 1 aromatic heterocycles. The number of likely N-dealkylation sites (tertiary alicyclic amines) is 2. The summed E-state index contributed by atoms with van der Waals surface area (Å²) in [7, 11) is 0. The monoisotopic (exact) mass is 454 g/mol. The SMILES string of the molecule is CC(=O)c1cnn(C(=O)N2CCC3(CCN(Cc4cc(Cl)cc(C(F)(F)F)c4)C3)C2)c1. The molecule has 4 rings (SSSR count). The minimum Gasteiger partial charge on any atom is -0.322 e. The van der Waals surface area contributed by atoms with Gasteiger partial charge in [-0.1, -0.05) is 11.6 Å². The van der Waals surface area contributed by atoms with Crippen LogP contribution in [0.3, 0.4) is 0 Å². The summed E-state index contributed by atoms with van der Waals surface area (Å²) >= 11 is 5.90. The van der Waals surface area contributed by atoms with Gasteiger partial charge in [-0.3, -0.25) is 9.69 Å². The summed E-state index contributed by atoms with van der Waals surface area (Å²) in [6.45, 7) is 4.37. The Balaban J connectivity index is 1.40. The zero-order chi connectivity index (χ0) is 22.4. The average Bonchev–Trinajstić information content (AvgIpc) is 3.41. The molecule has 2 aromatic rings. The number of rotatable bonds is 3. The molecule has 2 aliphatic rings. The van der Waals surface area contributed by atoms with E-state index in [1.807, 2.05) is 0 Å². The zero-order valence-corrected chi connectivity index (χ0v) is 17.7. The molecule has 1 atom stereocenters. The van der Waals surface area contributed by atoms with Gasteiger partial charge in [0.1, 0.15) is 0 Å². The maximum Gasteiger partial charge on any atom is 0.416 e. The van der Waals surface area contributed by atoms with Gasteiger partial charge >= 0.3 is 12.2 Å². The van der Waals surface area contributed by atoms with Crippen molar-refractivity contribution in [2.24, 2.45) is 5.41 Å². The van der Waals surface area contributed by atoms with Crippen LogP contribution in [0.2, 0.25) is 5.02 Å². The maximum absolute atomic E-state index is 13.1. The minimum atomic E-state index is -4.44. The molecule has 0 N–H and O–H groups in total. The van der Waals surface area contributed by atoms with Crippen molar-refractivity contribution in [3.8, 4) is 0 Å². The van der Waals surface area contributed by atoms with E-state index < -0.39 is 11.7 Å². The summed E-state index contributed by atoms with van der Waals surface area (Å²) in [6.07, 6.45) is 0.0607. The Morgan fingerprint density at radius 3 is 2.58 bits per heavy atom. The van der Waals surface area contributed by atoms with Crippen LogP contribution in [0.15, 0.2) is 30.6 Å². The second kappa shape index (κ2) is 7.94. The quantitative estimate of drug-likeness (QED) is 0.648. The first-order valence-electron chi connectivity index (χ1n) is 9.99. The molecule has 0 saturated carbocycles. The molecular formula is C21H22ClF3N4O2. The Bertz CT molecular complexity index is 1020. The van der Waals surface area contributed by atoms with Gasteiger partial charge in [-0.15, -0.1) is 0 Å². The molecule has 0 bridgehead atoms. The van der Waals surface area contributed by atoms with Gasteiger partial charge in [0.15, 0.2) is 5.78 Å². The van der Waals surface area contributed by atoms with E-state index in [-0.39, 0.29) is 22.3 Å². The number of carbonyl (C=O) groups excluding carboxylic acids is 2. The number of aromatic nitrogens is 2. The number of alkyl halides is 3. The zero-order valence-electron chi connectivity index (χ0n) is 17.0. The lowest BCUT2D eigenvalue weighted by atomic mass is 9.86. The van der Waals surface area contributed by atoms with Crippen molar-refractivity contribution < 1.29 is 22.8 Å². The molecule has 6 nitrogen and oxygen atoms in total. The van der Waals surface area contributed by atoms with E-state index in [4.69, 9.17) is 11.6 Å². The lowest BCUT2D eigenvalue weighted by Gasteiger charge is -2.25. The van der Waals surface area contributed by atoms with Crippen molar-refractivity contribution >= 4 is 23.4 Å². The highest BCUT2D eigenvalue weighted by molar-refractivity contribution is 6.30. The molecule has 0 aliphatic carbocycles. The van der Waals surface area contributed by atoms with Gasteiger partial charge in [-0.05, 0) is 50.1 Å². The molecule has 1 unspecified atom stereocenters.